The summed E-state index contributed by atoms with van der Waals surface area (Å²) in [5.41, 5.74) is 2.35. The SMILES string of the molecule is C=C.C=CC(CC=N/C(C)=C/c1ccc(C)cc1)NCCCC(C)(F)CCC. The van der Waals surface area contributed by atoms with Crippen molar-refractivity contribution in [3.63, 3.8) is 0 Å². The molecule has 1 aromatic carbocycles. The Morgan fingerprint density at radius 3 is 2.46 bits per heavy atom. The van der Waals surface area contributed by atoms with Gasteiger partial charge in [-0.05, 0) is 58.2 Å². The summed E-state index contributed by atoms with van der Waals surface area (Å²) >= 11 is 0. The Bertz CT molecular complexity index is 599. The molecule has 0 saturated carbocycles. The average molecular weight is 387 g/mol. The number of alkyl halides is 1. The van der Waals surface area contributed by atoms with E-state index in [1.54, 1.807) is 6.92 Å². The number of aliphatic imine (C=N–C) groups is 1. The van der Waals surface area contributed by atoms with Gasteiger partial charge in [-0.15, -0.1) is 19.7 Å². The van der Waals surface area contributed by atoms with Gasteiger partial charge in [-0.1, -0.05) is 49.2 Å². The number of halogens is 1. The van der Waals surface area contributed by atoms with Gasteiger partial charge < -0.3 is 5.32 Å². The van der Waals surface area contributed by atoms with Crippen LogP contribution in [0.2, 0.25) is 0 Å². The standard InChI is InChI=1S/C23H35FN2.C2H4/c1-6-14-23(5,24)15-8-16-26-22(7-2)13-17-25-20(4)18-21-11-9-19(3)10-12-21;1-2/h7,9-12,17-18,22,26H,2,6,8,13-16H2,1,3-5H3;1-2H2/b20-18+,25-17?;. The van der Waals surface area contributed by atoms with Gasteiger partial charge in [0, 0.05) is 24.4 Å². The Balaban J connectivity index is 0.00000352. The maximum Gasteiger partial charge on any atom is 0.108 e. The minimum atomic E-state index is -1.04. The van der Waals surface area contributed by atoms with Crippen LogP contribution < -0.4 is 5.32 Å². The van der Waals surface area contributed by atoms with Crippen LogP contribution in [0.4, 0.5) is 4.39 Å². The van der Waals surface area contributed by atoms with Crippen LogP contribution in [0.3, 0.4) is 0 Å². The van der Waals surface area contributed by atoms with Crippen LogP contribution in [0.25, 0.3) is 6.08 Å². The van der Waals surface area contributed by atoms with E-state index in [1.807, 2.05) is 26.1 Å². The van der Waals surface area contributed by atoms with Crippen LogP contribution in [0.15, 0.2) is 60.8 Å². The van der Waals surface area contributed by atoms with Crippen LogP contribution in [0, 0.1) is 6.92 Å². The first-order chi connectivity index (χ1) is 13.4. The first-order valence-corrected chi connectivity index (χ1v) is 10.2. The zero-order valence-corrected chi connectivity index (χ0v) is 18.3. The predicted octanol–water partition coefficient (Wildman–Crippen LogP) is 7.07. The highest BCUT2D eigenvalue weighted by atomic mass is 19.1. The van der Waals surface area contributed by atoms with E-state index in [0.717, 1.165) is 37.1 Å². The molecule has 0 amide bonds. The maximum absolute atomic E-state index is 14.1. The largest absolute Gasteiger partial charge is 0.310 e. The molecular weight excluding hydrogens is 347 g/mol. The number of nitrogens with zero attached hydrogens (tertiary/aromatic N) is 1. The van der Waals surface area contributed by atoms with Crippen molar-refractivity contribution in [1.29, 1.82) is 0 Å². The lowest BCUT2D eigenvalue weighted by atomic mass is 9.97. The van der Waals surface area contributed by atoms with E-state index >= 15 is 0 Å². The summed E-state index contributed by atoms with van der Waals surface area (Å²) in [6, 6.07) is 8.56. The van der Waals surface area contributed by atoms with Crippen molar-refractivity contribution in [3.05, 3.63) is 66.9 Å². The summed E-state index contributed by atoms with van der Waals surface area (Å²) in [5, 5.41) is 3.42. The van der Waals surface area contributed by atoms with Gasteiger partial charge in [0.1, 0.15) is 5.67 Å². The number of rotatable bonds is 12. The molecule has 0 aliphatic rings. The number of hydrogen-bond acceptors (Lipinski definition) is 2. The minimum absolute atomic E-state index is 0.169. The quantitative estimate of drug-likeness (QED) is 0.232. The third kappa shape index (κ3) is 12.4. The summed E-state index contributed by atoms with van der Waals surface area (Å²) in [6.45, 7) is 18.5. The zero-order chi connectivity index (χ0) is 21.4. The molecule has 0 fully saturated rings. The van der Waals surface area contributed by atoms with E-state index in [0.29, 0.717) is 12.8 Å². The van der Waals surface area contributed by atoms with Crippen molar-refractivity contribution >= 4 is 12.3 Å². The van der Waals surface area contributed by atoms with Gasteiger partial charge in [-0.25, -0.2) is 4.39 Å². The van der Waals surface area contributed by atoms with Gasteiger partial charge in [0.05, 0.1) is 0 Å². The lowest BCUT2D eigenvalue weighted by molar-refractivity contribution is 0.156. The molecule has 3 heteroatoms. The smallest absolute Gasteiger partial charge is 0.108 e. The van der Waals surface area contributed by atoms with E-state index in [9.17, 15) is 4.39 Å². The maximum atomic E-state index is 14.1. The molecule has 0 bridgehead atoms. The Hall–Kier alpha value is -2.00. The molecule has 2 unspecified atom stereocenters. The van der Waals surface area contributed by atoms with Crippen molar-refractivity contribution in [2.75, 3.05) is 6.54 Å². The highest BCUT2D eigenvalue weighted by Gasteiger charge is 2.20. The number of benzene rings is 1. The first-order valence-electron chi connectivity index (χ1n) is 10.2. The van der Waals surface area contributed by atoms with E-state index in [-0.39, 0.29) is 6.04 Å². The second kappa shape index (κ2) is 15.0. The highest BCUT2D eigenvalue weighted by Crippen LogP contribution is 2.23. The molecule has 156 valence electrons. The van der Waals surface area contributed by atoms with Crippen LogP contribution in [-0.2, 0) is 0 Å². The van der Waals surface area contributed by atoms with Crippen molar-refractivity contribution in [2.24, 2.45) is 4.99 Å². The summed E-state index contributed by atoms with van der Waals surface area (Å²) in [5.74, 6) is 0. The van der Waals surface area contributed by atoms with Gasteiger partial charge >= 0.3 is 0 Å². The highest BCUT2D eigenvalue weighted by molar-refractivity contribution is 5.63. The number of allylic oxidation sites excluding steroid dienone is 1. The van der Waals surface area contributed by atoms with E-state index in [1.165, 1.54) is 5.56 Å². The predicted molar refractivity (Wildman–Crippen MR) is 125 cm³/mol. The van der Waals surface area contributed by atoms with E-state index < -0.39 is 5.67 Å². The van der Waals surface area contributed by atoms with Crippen molar-refractivity contribution < 1.29 is 4.39 Å². The molecule has 0 spiro atoms. The Morgan fingerprint density at radius 1 is 1.25 bits per heavy atom. The third-order valence-corrected chi connectivity index (χ3v) is 4.44. The molecule has 2 atom stereocenters. The summed E-state index contributed by atoms with van der Waals surface area (Å²) < 4.78 is 14.1. The van der Waals surface area contributed by atoms with Gasteiger partial charge in [0.15, 0.2) is 0 Å². The van der Waals surface area contributed by atoms with Gasteiger partial charge in [-0.2, -0.15) is 0 Å². The molecular formula is C25H39FN2. The molecule has 1 aromatic rings. The topological polar surface area (TPSA) is 24.4 Å². The molecule has 1 rings (SSSR count). The Morgan fingerprint density at radius 2 is 1.89 bits per heavy atom. The lowest BCUT2D eigenvalue weighted by Gasteiger charge is -2.20. The van der Waals surface area contributed by atoms with Crippen molar-refractivity contribution in [3.8, 4) is 0 Å². The Labute approximate surface area is 172 Å². The van der Waals surface area contributed by atoms with E-state index in [2.05, 4.69) is 67.3 Å². The van der Waals surface area contributed by atoms with Crippen LogP contribution in [0.1, 0.15) is 64.0 Å². The molecule has 1 N–H and O–H groups in total. The van der Waals surface area contributed by atoms with Crippen molar-refractivity contribution in [1.82, 2.24) is 5.32 Å². The first kappa shape index (κ1) is 26.0. The summed E-state index contributed by atoms with van der Waals surface area (Å²) in [7, 11) is 0. The zero-order valence-electron chi connectivity index (χ0n) is 18.3. The molecule has 0 aliphatic heterocycles. The summed E-state index contributed by atoms with van der Waals surface area (Å²) in [6.07, 6.45) is 9.64. The second-order valence-corrected chi connectivity index (χ2v) is 7.31. The second-order valence-electron chi connectivity index (χ2n) is 7.31. The third-order valence-electron chi connectivity index (χ3n) is 4.44. The van der Waals surface area contributed by atoms with E-state index in [4.69, 9.17) is 0 Å². The molecule has 0 aliphatic carbocycles. The Kier molecular flexibility index (Phi) is 13.9. The average Bonchev–Trinajstić information content (AvgIpc) is 2.67. The number of hydrogen-bond donors (Lipinski definition) is 1. The van der Waals surface area contributed by atoms with Crippen LogP contribution >= 0.6 is 0 Å². The van der Waals surface area contributed by atoms with Gasteiger partial charge in [0.25, 0.3) is 0 Å². The van der Waals surface area contributed by atoms with Crippen molar-refractivity contribution in [2.45, 2.75) is 71.5 Å². The number of nitrogens with one attached hydrogen (secondary N) is 1. The minimum Gasteiger partial charge on any atom is -0.310 e. The fourth-order valence-electron chi connectivity index (χ4n) is 2.91. The van der Waals surface area contributed by atoms with Crippen LogP contribution in [-0.4, -0.2) is 24.5 Å². The summed E-state index contributed by atoms with van der Waals surface area (Å²) in [4.78, 5) is 4.51. The van der Waals surface area contributed by atoms with Gasteiger partial charge in [-0.3, -0.25) is 4.99 Å². The monoisotopic (exact) mass is 386 g/mol. The molecule has 0 radical (unpaired) electrons. The van der Waals surface area contributed by atoms with Gasteiger partial charge in [0.2, 0.25) is 0 Å². The fraction of sp³-hybridized carbons (Fsp3) is 0.480. The van der Waals surface area contributed by atoms with Crippen LogP contribution in [0.5, 0.6) is 0 Å². The molecule has 0 saturated heterocycles. The molecule has 2 nitrogen and oxygen atoms in total. The normalized spacial score (nSPS) is 14.8. The lowest BCUT2D eigenvalue weighted by Crippen LogP contribution is -2.29. The molecule has 0 heterocycles. The number of aryl methyl sites for hydroxylation is 1. The fourth-order valence-corrected chi connectivity index (χ4v) is 2.91. The molecule has 28 heavy (non-hydrogen) atoms. The molecule has 0 aromatic heterocycles.